The predicted molar refractivity (Wildman–Crippen MR) is 141 cm³/mol. The number of carboxylic acids is 1. The zero-order chi connectivity index (χ0) is 26.4. The zero-order valence-electron chi connectivity index (χ0n) is 21.2. The molecule has 0 radical (unpaired) electrons. The number of aliphatic carboxylic acids is 1. The lowest BCUT2D eigenvalue weighted by molar-refractivity contribution is -0.137. The smallest absolute Gasteiger partial charge is 0.304 e. The van der Waals surface area contributed by atoms with Crippen LogP contribution in [0.25, 0.3) is 22.4 Å². The molecule has 7 heteroatoms. The summed E-state index contributed by atoms with van der Waals surface area (Å²) in [5.74, 6) is -0.0691. The van der Waals surface area contributed by atoms with E-state index in [0.29, 0.717) is 36.5 Å². The van der Waals surface area contributed by atoms with Crippen molar-refractivity contribution in [1.82, 2.24) is 9.97 Å². The van der Waals surface area contributed by atoms with Gasteiger partial charge >= 0.3 is 5.97 Å². The highest BCUT2D eigenvalue weighted by Gasteiger charge is 2.32. The van der Waals surface area contributed by atoms with E-state index in [1.165, 1.54) is 6.07 Å². The number of aromatic nitrogens is 2. The molecule has 3 aromatic carbocycles. The lowest BCUT2D eigenvalue weighted by Crippen LogP contribution is -2.07. The number of carbonyl (C=O) groups is 1. The second-order valence-electron chi connectivity index (χ2n) is 10.0. The third-order valence-corrected chi connectivity index (χ3v) is 7.51. The van der Waals surface area contributed by atoms with E-state index in [-0.39, 0.29) is 18.2 Å². The van der Waals surface area contributed by atoms with Crippen LogP contribution >= 0.6 is 0 Å². The van der Waals surface area contributed by atoms with Crippen molar-refractivity contribution in [2.75, 3.05) is 6.61 Å². The van der Waals surface area contributed by atoms with Gasteiger partial charge in [0.25, 0.3) is 0 Å². The van der Waals surface area contributed by atoms with Crippen molar-refractivity contribution in [2.24, 2.45) is 0 Å². The van der Waals surface area contributed by atoms with Crippen LogP contribution in [0.5, 0.6) is 11.5 Å². The van der Waals surface area contributed by atoms with Gasteiger partial charge in [0.2, 0.25) is 0 Å². The maximum Gasteiger partial charge on any atom is 0.304 e. The summed E-state index contributed by atoms with van der Waals surface area (Å²) in [5, 5.41) is 9.15. The van der Waals surface area contributed by atoms with Crippen LogP contribution in [-0.2, 0) is 11.2 Å². The van der Waals surface area contributed by atoms with Crippen LogP contribution < -0.4 is 9.47 Å². The topological polar surface area (TPSA) is 81.5 Å². The number of hydrogen-bond acceptors (Lipinski definition) is 5. The van der Waals surface area contributed by atoms with Crippen LogP contribution in [0, 0.1) is 19.7 Å². The van der Waals surface area contributed by atoms with Gasteiger partial charge in [0.15, 0.2) is 0 Å². The van der Waals surface area contributed by atoms with E-state index in [1.807, 2.05) is 18.2 Å². The largest absolute Gasteiger partial charge is 0.492 e. The Bertz CT molecular complexity index is 1530. The van der Waals surface area contributed by atoms with E-state index >= 15 is 4.39 Å². The molecule has 38 heavy (non-hydrogen) atoms. The van der Waals surface area contributed by atoms with Crippen molar-refractivity contribution in [1.29, 1.82) is 0 Å². The van der Waals surface area contributed by atoms with Gasteiger partial charge in [-0.2, -0.15) is 0 Å². The normalized spacial score (nSPS) is 17.6. The molecular weight excluding hydrogens is 483 g/mol. The minimum absolute atomic E-state index is 0.0236. The van der Waals surface area contributed by atoms with E-state index in [2.05, 4.69) is 35.9 Å². The fraction of sp³-hybridized carbons (Fsp3) is 0.258. The molecule has 0 saturated carbocycles. The second kappa shape index (κ2) is 9.56. The lowest BCUT2D eigenvalue weighted by atomic mass is 9.88. The monoisotopic (exact) mass is 510 g/mol. The molecule has 1 N–H and O–H groups in total. The summed E-state index contributed by atoms with van der Waals surface area (Å²) in [7, 11) is 0. The first-order valence-corrected chi connectivity index (χ1v) is 12.7. The number of nitrogens with zero attached hydrogens (tertiary/aromatic N) is 2. The lowest BCUT2D eigenvalue weighted by Gasteiger charge is -2.19. The molecule has 2 aliphatic rings. The maximum atomic E-state index is 15.2. The molecule has 0 saturated heterocycles. The van der Waals surface area contributed by atoms with Gasteiger partial charge in [0.1, 0.15) is 23.4 Å². The summed E-state index contributed by atoms with van der Waals surface area (Å²) in [6.45, 7) is 4.48. The molecule has 192 valence electrons. The van der Waals surface area contributed by atoms with Crippen molar-refractivity contribution in [3.05, 3.63) is 94.7 Å². The molecule has 0 bridgehead atoms. The summed E-state index contributed by atoms with van der Waals surface area (Å²) < 4.78 is 27.3. The Morgan fingerprint density at radius 3 is 2.68 bits per heavy atom. The third-order valence-electron chi connectivity index (χ3n) is 7.51. The summed E-state index contributed by atoms with van der Waals surface area (Å²) in [4.78, 5) is 19.8. The fourth-order valence-electron chi connectivity index (χ4n) is 5.88. The number of ether oxygens (including phenoxy) is 2. The fourth-order valence-corrected chi connectivity index (χ4v) is 5.88. The van der Waals surface area contributed by atoms with Gasteiger partial charge in [0.05, 0.1) is 24.9 Å². The molecule has 0 spiro atoms. The summed E-state index contributed by atoms with van der Waals surface area (Å²) in [6.07, 6.45) is 6.07. The second-order valence-corrected chi connectivity index (χ2v) is 10.0. The van der Waals surface area contributed by atoms with Crippen molar-refractivity contribution in [3.8, 4) is 33.9 Å². The first-order valence-electron chi connectivity index (χ1n) is 12.7. The van der Waals surface area contributed by atoms with E-state index in [9.17, 15) is 4.79 Å². The highest BCUT2D eigenvalue weighted by molar-refractivity contribution is 5.79. The number of rotatable bonds is 6. The van der Waals surface area contributed by atoms with Crippen molar-refractivity contribution < 1.29 is 23.8 Å². The van der Waals surface area contributed by atoms with Crippen LogP contribution in [-0.4, -0.2) is 27.7 Å². The van der Waals surface area contributed by atoms with Gasteiger partial charge in [-0.3, -0.25) is 14.8 Å². The SMILES string of the molecule is Cc1cc(-c2cnccn2)cc(C)c1-c1ccc(F)c2c1CC[C@H]2Oc1ccc2c(c1)OCC2CC(=O)O. The number of hydrogen-bond donors (Lipinski definition) is 1. The average molecular weight is 511 g/mol. The summed E-state index contributed by atoms with van der Waals surface area (Å²) in [5.41, 5.74) is 8.59. The van der Waals surface area contributed by atoms with Gasteiger partial charge < -0.3 is 14.6 Å². The number of benzene rings is 3. The molecule has 2 atom stereocenters. The highest BCUT2D eigenvalue weighted by Crippen LogP contribution is 2.45. The number of carboxylic acid groups (broad SMARTS) is 1. The van der Waals surface area contributed by atoms with E-state index in [4.69, 9.17) is 14.6 Å². The molecule has 6 nitrogen and oxygen atoms in total. The third kappa shape index (κ3) is 4.28. The van der Waals surface area contributed by atoms with Crippen LogP contribution in [0.1, 0.15) is 52.7 Å². The number of fused-ring (bicyclic) bond motifs is 2. The Hall–Kier alpha value is -4.26. The number of halogens is 1. The van der Waals surface area contributed by atoms with E-state index in [1.54, 1.807) is 24.7 Å². The minimum Gasteiger partial charge on any atom is -0.492 e. The van der Waals surface area contributed by atoms with Crippen molar-refractivity contribution >= 4 is 5.97 Å². The molecule has 1 aromatic heterocycles. The van der Waals surface area contributed by atoms with E-state index < -0.39 is 12.1 Å². The molecule has 0 fully saturated rings. The van der Waals surface area contributed by atoms with Crippen LogP contribution in [0.15, 0.2) is 61.1 Å². The molecule has 6 rings (SSSR count). The first-order chi connectivity index (χ1) is 18.4. The maximum absolute atomic E-state index is 15.2. The summed E-state index contributed by atoms with van der Waals surface area (Å²) in [6, 6.07) is 13.1. The molecule has 4 aromatic rings. The quantitative estimate of drug-likeness (QED) is 0.315. The highest BCUT2D eigenvalue weighted by atomic mass is 19.1. The first kappa shape index (κ1) is 24.1. The Labute approximate surface area is 220 Å². The van der Waals surface area contributed by atoms with Crippen molar-refractivity contribution in [2.45, 2.75) is 45.1 Å². The standard InChI is InChI=1S/C31H27FN2O4/c1-17-11-19(26-15-33-9-10-34-26)12-18(2)30(17)23-5-7-25(32)31-24(23)6-8-27(31)38-21-3-4-22-20(13-29(35)36)16-37-28(22)14-21/h3-5,7,9-12,14-15,20,27H,6,8,13,16H2,1-2H3,(H,35,36)/t20?,27-/m1/s1. The predicted octanol–water partition coefficient (Wildman–Crippen LogP) is 6.58. The van der Waals surface area contributed by atoms with E-state index in [0.717, 1.165) is 44.6 Å². The molecule has 1 aliphatic heterocycles. The zero-order valence-corrected chi connectivity index (χ0v) is 21.2. The van der Waals surface area contributed by atoms with Crippen molar-refractivity contribution in [3.63, 3.8) is 0 Å². The molecule has 1 aliphatic carbocycles. The van der Waals surface area contributed by atoms with Gasteiger partial charge in [-0.05, 0) is 78.8 Å². The van der Waals surface area contributed by atoms with Gasteiger partial charge in [-0.25, -0.2) is 4.39 Å². The Morgan fingerprint density at radius 1 is 1.13 bits per heavy atom. The van der Waals surface area contributed by atoms with Gasteiger partial charge in [-0.15, -0.1) is 0 Å². The molecule has 0 amide bonds. The van der Waals surface area contributed by atoms with Crippen LogP contribution in [0.2, 0.25) is 0 Å². The van der Waals surface area contributed by atoms with Crippen LogP contribution in [0.3, 0.4) is 0 Å². The Kier molecular flexibility index (Phi) is 6.06. The Morgan fingerprint density at radius 2 is 1.95 bits per heavy atom. The van der Waals surface area contributed by atoms with Crippen LogP contribution in [0.4, 0.5) is 4.39 Å². The molecule has 2 heterocycles. The molecule has 1 unspecified atom stereocenters. The van der Waals surface area contributed by atoms with Gasteiger partial charge in [-0.1, -0.05) is 12.1 Å². The summed E-state index contributed by atoms with van der Waals surface area (Å²) >= 11 is 0. The number of aryl methyl sites for hydroxylation is 2. The minimum atomic E-state index is -0.852. The average Bonchev–Trinajstić information content (AvgIpc) is 3.50. The molecular formula is C31H27FN2O4. The Balaban J connectivity index is 1.31. The van der Waals surface area contributed by atoms with Gasteiger partial charge in [0, 0.05) is 41.1 Å².